The highest BCUT2D eigenvalue weighted by molar-refractivity contribution is 7.80. The van der Waals surface area contributed by atoms with Gasteiger partial charge in [-0.3, -0.25) is 5.43 Å². The number of nitrogens with one attached hydrogen (secondary N) is 2. The molecule has 0 radical (unpaired) electrons. The summed E-state index contributed by atoms with van der Waals surface area (Å²) in [7, 11) is 0. The molecule has 1 aromatic carbocycles. The summed E-state index contributed by atoms with van der Waals surface area (Å²) < 4.78 is 11.2. The third-order valence-corrected chi connectivity index (χ3v) is 3.79. The number of ether oxygens (including phenoxy) is 1. The smallest absolute Gasteiger partial charge is 0.187 e. The Labute approximate surface area is 140 Å². The molecule has 2 heterocycles. The number of benzene rings is 1. The molecule has 2 aromatic rings. The average molecular weight is 329 g/mol. The van der Waals surface area contributed by atoms with Crippen molar-refractivity contribution in [2.45, 2.75) is 18.9 Å². The maximum Gasteiger partial charge on any atom is 0.187 e. The second-order valence-electron chi connectivity index (χ2n) is 5.28. The zero-order valence-electron chi connectivity index (χ0n) is 12.7. The van der Waals surface area contributed by atoms with Gasteiger partial charge in [-0.05, 0) is 37.2 Å². The van der Waals surface area contributed by atoms with Crippen molar-refractivity contribution in [3.63, 3.8) is 0 Å². The summed E-state index contributed by atoms with van der Waals surface area (Å²) in [6.07, 6.45) is 4.05. The third kappa shape index (κ3) is 4.64. The third-order valence-electron chi connectivity index (χ3n) is 3.56. The highest BCUT2D eigenvalue weighted by atomic mass is 32.1. The van der Waals surface area contributed by atoms with Crippen molar-refractivity contribution in [1.82, 2.24) is 10.7 Å². The molecule has 0 spiro atoms. The Morgan fingerprint density at radius 2 is 2.13 bits per heavy atom. The number of hydrazone groups is 1. The lowest BCUT2D eigenvalue weighted by atomic mass is 10.2. The molecular weight excluding hydrogens is 310 g/mol. The zero-order valence-corrected chi connectivity index (χ0v) is 13.5. The monoisotopic (exact) mass is 329 g/mol. The highest BCUT2D eigenvalue weighted by Gasteiger charge is 2.14. The van der Waals surface area contributed by atoms with E-state index >= 15 is 0 Å². The van der Waals surface area contributed by atoms with Gasteiger partial charge in [-0.25, -0.2) is 0 Å². The minimum Gasteiger partial charge on any atom is -0.455 e. The lowest BCUT2D eigenvalue weighted by Gasteiger charge is -2.11. The molecule has 1 unspecified atom stereocenters. The van der Waals surface area contributed by atoms with Crippen molar-refractivity contribution in [2.75, 3.05) is 13.2 Å². The lowest BCUT2D eigenvalue weighted by molar-refractivity contribution is 0.114. The van der Waals surface area contributed by atoms with Gasteiger partial charge < -0.3 is 14.5 Å². The van der Waals surface area contributed by atoms with Crippen LogP contribution in [0.3, 0.4) is 0 Å². The predicted molar refractivity (Wildman–Crippen MR) is 94.4 cm³/mol. The molecule has 0 amide bonds. The average Bonchev–Trinajstić information content (AvgIpc) is 3.26. The van der Waals surface area contributed by atoms with Gasteiger partial charge in [-0.2, -0.15) is 5.10 Å². The van der Waals surface area contributed by atoms with Crippen LogP contribution in [0.2, 0.25) is 0 Å². The van der Waals surface area contributed by atoms with Crippen LogP contribution in [0.4, 0.5) is 0 Å². The zero-order chi connectivity index (χ0) is 15.9. The molecule has 1 saturated heterocycles. The molecule has 0 bridgehead atoms. The van der Waals surface area contributed by atoms with E-state index < -0.39 is 0 Å². The Kier molecular flexibility index (Phi) is 5.39. The van der Waals surface area contributed by atoms with Crippen LogP contribution in [-0.4, -0.2) is 30.6 Å². The van der Waals surface area contributed by atoms with Crippen LogP contribution in [0.5, 0.6) is 0 Å². The van der Waals surface area contributed by atoms with Gasteiger partial charge in [-0.1, -0.05) is 30.3 Å². The van der Waals surface area contributed by atoms with Crippen LogP contribution in [0.15, 0.2) is 52.0 Å². The molecule has 23 heavy (non-hydrogen) atoms. The summed E-state index contributed by atoms with van der Waals surface area (Å²) in [5.74, 6) is 1.48. The molecule has 5 nitrogen and oxygen atoms in total. The first-order valence-electron chi connectivity index (χ1n) is 7.65. The predicted octanol–water partition coefficient (Wildman–Crippen LogP) is 2.92. The van der Waals surface area contributed by atoms with Crippen molar-refractivity contribution in [3.8, 4) is 11.3 Å². The van der Waals surface area contributed by atoms with Crippen LogP contribution < -0.4 is 10.7 Å². The largest absolute Gasteiger partial charge is 0.455 e. The number of hydrogen-bond donors (Lipinski definition) is 2. The van der Waals surface area contributed by atoms with E-state index in [1.54, 1.807) is 6.21 Å². The van der Waals surface area contributed by atoms with Gasteiger partial charge in [0.2, 0.25) is 0 Å². The quantitative estimate of drug-likeness (QED) is 0.502. The topological polar surface area (TPSA) is 58.8 Å². The van der Waals surface area contributed by atoms with E-state index in [2.05, 4.69) is 15.8 Å². The Morgan fingerprint density at radius 1 is 1.26 bits per heavy atom. The molecule has 1 aliphatic heterocycles. The maximum absolute atomic E-state index is 5.72. The van der Waals surface area contributed by atoms with E-state index in [0.29, 0.717) is 17.4 Å². The standard InChI is InChI=1S/C17H19N3O2S/c23-17(18-11-14-7-4-10-21-14)20-19-12-15-8-9-16(22-15)13-5-2-1-3-6-13/h1-3,5-6,8-9,12,14H,4,7,10-11H2,(H2,18,20,23). The summed E-state index contributed by atoms with van der Waals surface area (Å²) in [6, 6.07) is 13.7. The van der Waals surface area contributed by atoms with E-state index in [1.165, 1.54) is 0 Å². The number of thiocarbonyl (C=S) groups is 1. The first-order valence-corrected chi connectivity index (χ1v) is 8.06. The van der Waals surface area contributed by atoms with Crippen LogP contribution in [-0.2, 0) is 4.74 Å². The van der Waals surface area contributed by atoms with Crippen LogP contribution in [0, 0.1) is 0 Å². The minimum atomic E-state index is 0.247. The molecule has 3 rings (SSSR count). The second-order valence-corrected chi connectivity index (χ2v) is 5.69. The van der Waals surface area contributed by atoms with Gasteiger partial charge in [-0.15, -0.1) is 0 Å². The van der Waals surface area contributed by atoms with Crippen molar-refractivity contribution < 1.29 is 9.15 Å². The van der Waals surface area contributed by atoms with E-state index in [-0.39, 0.29) is 6.10 Å². The summed E-state index contributed by atoms with van der Waals surface area (Å²) in [4.78, 5) is 0. The summed E-state index contributed by atoms with van der Waals surface area (Å²) in [6.45, 7) is 1.55. The molecule has 1 aromatic heterocycles. The van der Waals surface area contributed by atoms with E-state index in [9.17, 15) is 0 Å². The number of rotatable bonds is 5. The molecule has 120 valence electrons. The first kappa shape index (κ1) is 15.7. The summed E-state index contributed by atoms with van der Waals surface area (Å²) >= 11 is 5.16. The van der Waals surface area contributed by atoms with Gasteiger partial charge >= 0.3 is 0 Å². The fraction of sp³-hybridized carbons (Fsp3) is 0.294. The minimum absolute atomic E-state index is 0.247. The van der Waals surface area contributed by atoms with Crippen LogP contribution >= 0.6 is 12.2 Å². The molecule has 1 atom stereocenters. The Bertz CT molecular complexity index is 663. The van der Waals surface area contributed by atoms with Gasteiger partial charge in [0.05, 0.1) is 12.3 Å². The summed E-state index contributed by atoms with van der Waals surface area (Å²) in [5.41, 5.74) is 3.81. The molecule has 0 saturated carbocycles. The van der Waals surface area contributed by atoms with E-state index in [0.717, 1.165) is 30.8 Å². The van der Waals surface area contributed by atoms with Gasteiger partial charge in [0.25, 0.3) is 0 Å². The Hall–Kier alpha value is -2.18. The van der Waals surface area contributed by atoms with Gasteiger partial charge in [0.15, 0.2) is 5.11 Å². The lowest BCUT2D eigenvalue weighted by Crippen LogP contribution is -2.37. The molecule has 0 aliphatic carbocycles. The summed E-state index contributed by atoms with van der Waals surface area (Å²) in [5, 5.41) is 7.65. The van der Waals surface area contributed by atoms with Crippen molar-refractivity contribution in [2.24, 2.45) is 5.10 Å². The normalized spacial score (nSPS) is 17.5. The molecule has 2 N–H and O–H groups in total. The number of furan rings is 1. The van der Waals surface area contributed by atoms with E-state index in [1.807, 2.05) is 42.5 Å². The SMILES string of the molecule is S=C(NCC1CCCO1)NN=Cc1ccc(-c2ccccc2)o1. The fourth-order valence-electron chi connectivity index (χ4n) is 2.39. The van der Waals surface area contributed by atoms with Crippen molar-refractivity contribution >= 4 is 23.5 Å². The first-order chi connectivity index (χ1) is 11.3. The van der Waals surface area contributed by atoms with Crippen LogP contribution in [0.25, 0.3) is 11.3 Å². The van der Waals surface area contributed by atoms with Gasteiger partial charge in [0, 0.05) is 18.7 Å². The number of nitrogens with zero attached hydrogens (tertiary/aromatic N) is 1. The molecular formula is C17H19N3O2S. The fourth-order valence-corrected chi connectivity index (χ4v) is 2.52. The van der Waals surface area contributed by atoms with Crippen molar-refractivity contribution in [3.05, 3.63) is 48.2 Å². The Balaban J connectivity index is 1.46. The molecule has 6 heteroatoms. The molecule has 1 aliphatic rings. The van der Waals surface area contributed by atoms with E-state index in [4.69, 9.17) is 21.4 Å². The van der Waals surface area contributed by atoms with Crippen molar-refractivity contribution in [1.29, 1.82) is 0 Å². The maximum atomic E-state index is 5.72. The molecule has 1 fully saturated rings. The Morgan fingerprint density at radius 3 is 2.91 bits per heavy atom. The second kappa shape index (κ2) is 7.89. The van der Waals surface area contributed by atoms with Crippen LogP contribution in [0.1, 0.15) is 18.6 Å². The van der Waals surface area contributed by atoms with Gasteiger partial charge in [0.1, 0.15) is 11.5 Å². The highest BCUT2D eigenvalue weighted by Crippen LogP contribution is 2.20. The number of hydrogen-bond acceptors (Lipinski definition) is 4.